The molecule has 1 saturated heterocycles. The van der Waals surface area contributed by atoms with Gasteiger partial charge in [-0.15, -0.1) is 0 Å². The van der Waals surface area contributed by atoms with Crippen molar-refractivity contribution in [3.8, 4) is 11.5 Å². The maximum atomic E-state index is 13.2. The van der Waals surface area contributed by atoms with Crippen LogP contribution in [0.15, 0.2) is 60.2 Å². The molecule has 1 N–H and O–H groups in total. The first kappa shape index (κ1) is 23.5. The van der Waals surface area contributed by atoms with Crippen LogP contribution in [0.25, 0.3) is 12.2 Å². The summed E-state index contributed by atoms with van der Waals surface area (Å²) in [7, 11) is 1.43. The Balaban J connectivity index is 1.34. The molecule has 3 fully saturated rings. The Morgan fingerprint density at radius 1 is 1.00 bits per heavy atom. The van der Waals surface area contributed by atoms with E-state index >= 15 is 0 Å². The van der Waals surface area contributed by atoms with Crippen molar-refractivity contribution >= 4 is 36.0 Å². The molecule has 1 heterocycles. The maximum Gasteiger partial charge on any atom is 0.336 e. The van der Waals surface area contributed by atoms with Gasteiger partial charge in [-0.25, -0.2) is 9.59 Å². The van der Waals surface area contributed by atoms with Crippen LogP contribution in [0.5, 0.6) is 11.5 Å². The van der Waals surface area contributed by atoms with Crippen LogP contribution in [-0.4, -0.2) is 41.9 Å². The molecule has 3 atom stereocenters. The van der Waals surface area contributed by atoms with Gasteiger partial charge in [0.25, 0.3) is 11.8 Å². The number of nitrogens with zero attached hydrogens (tertiary/aromatic N) is 1. The van der Waals surface area contributed by atoms with Gasteiger partial charge in [-0.05, 0) is 66.5 Å². The topological polar surface area (TPSA) is 102 Å². The molecule has 0 spiro atoms. The van der Waals surface area contributed by atoms with Crippen LogP contribution in [-0.2, 0) is 14.4 Å². The number of methoxy groups -OCH3 is 1. The summed E-state index contributed by atoms with van der Waals surface area (Å²) in [5, 5.41) is 2.31. The summed E-state index contributed by atoms with van der Waals surface area (Å²) in [6.45, 7) is 0. The van der Waals surface area contributed by atoms with Crippen molar-refractivity contribution in [2.45, 2.75) is 31.7 Å². The first-order valence-corrected chi connectivity index (χ1v) is 12.0. The quantitative estimate of drug-likeness (QED) is 0.287. The lowest BCUT2D eigenvalue weighted by Crippen LogP contribution is -2.58. The number of carbonyl (C=O) groups excluding carboxylic acids is 4. The van der Waals surface area contributed by atoms with Crippen LogP contribution in [0.4, 0.5) is 4.79 Å². The fourth-order valence-corrected chi connectivity index (χ4v) is 5.40. The number of barbiturate groups is 1. The number of ether oxygens (including phenoxy) is 2. The van der Waals surface area contributed by atoms with Gasteiger partial charge >= 0.3 is 12.0 Å². The predicted molar refractivity (Wildman–Crippen MR) is 132 cm³/mol. The number of hydrogen-bond acceptors (Lipinski definition) is 6. The number of fused-ring (bicyclic) bond motifs is 2. The summed E-state index contributed by atoms with van der Waals surface area (Å²) >= 11 is 0. The highest BCUT2D eigenvalue weighted by Crippen LogP contribution is 2.47. The van der Waals surface area contributed by atoms with Crippen molar-refractivity contribution in [1.82, 2.24) is 10.2 Å². The maximum absolute atomic E-state index is 13.2. The Hall–Kier alpha value is -4.20. The number of benzene rings is 2. The van der Waals surface area contributed by atoms with Gasteiger partial charge < -0.3 is 9.47 Å². The second kappa shape index (κ2) is 9.81. The SMILES string of the molecule is COc1cc(/C=C2\C(=O)NC(=O)N([C@@H]3C[C@H]4CC[C@H]3C4)C2=O)ccc1OC(=O)/C=C/c1ccccc1. The molecule has 2 aromatic carbocycles. The molecule has 0 aromatic heterocycles. The molecule has 0 unspecified atom stereocenters. The van der Waals surface area contributed by atoms with Crippen LogP contribution in [0.3, 0.4) is 0 Å². The number of amides is 4. The Bertz CT molecular complexity index is 1280. The van der Waals surface area contributed by atoms with Gasteiger partial charge in [0.15, 0.2) is 11.5 Å². The zero-order chi connectivity index (χ0) is 25.2. The number of rotatable bonds is 6. The van der Waals surface area contributed by atoms with E-state index in [1.54, 1.807) is 18.2 Å². The van der Waals surface area contributed by atoms with Gasteiger partial charge in [-0.1, -0.05) is 42.8 Å². The minimum absolute atomic E-state index is 0.116. The Labute approximate surface area is 208 Å². The van der Waals surface area contributed by atoms with Gasteiger partial charge in [0.2, 0.25) is 0 Å². The molecule has 8 nitrogen and oxygen atoms in total. The van der Waals surface area contributed by atoms with Crippen molar-refractivity contribution in [2.75, 3.05) is 7.11 Å². The largest absolute Gasteiger partial charge is 0.493 e. The molecule has 2 aliphatic carbocycles. The van der Waals surface area contributed by atoms with Crippen LogP contribution in [0.2, 0.25) is 0 Å². The normalized spacial score (nSPS) is 24.5. The molecule has 2 bridgehead atoms. The molecular weight excluding hydrogens is 460 g/mol. The van der Waals surface area contributed by atoms with Gasteiger partial charge in [-0.3, -0.25) is 19.8 Å². The third-order valence-corrected chi connectivity index (χ3v) is 7.09. The second-order valence-corrected chi connectivity index (χ2v) is 9.31. The van der Waals surface area contributed by atoms with Gasteiger partial charge in [0, 0.05) is 12.1 Å². The highest BCUT2D eigenvalue weighted by atomic mass is 16.6. The summed E-state index contributed by atoms with van der Waals surface area (Å²) in [6.07, 6.45) is 8.32. The van der Waals surface area contributed by atoms with E-state index in [9.17, 15) is 19.2 Å². The average molecular weight is 487 g/mol. The van der Waals surface area contributed by atoms with E-state index < -0.39 is 23.8 Å². The molecule has 2 aromatic rings. The van der Waals surface area contributed by atoms with Crippen LogP contribution >= 0.6 is 0 Å². The zero-order valence-corrected chi connectivity index (χ0v) is 19.8. The standard InChI is InChI=1S/C28H26N2O6/c1-35-24-16-19(8-11-23(24)36-25(31)12-9-17-5-3-2-4-6-17)14-21-26(32)29-28(34)30(27(21)33)22-15-18-7-10-20(22)13-18/h2-6,8-9,11-12,14,16,18,20,22H,7,10,13,15H2,1H3,(H,29,32,34)/b12-9+,21-14+/t18-,20-,22+/m0/s1. The monoisotopic (exact) mass is 486 g/mol. The number of carbonyl (C=O) groups is 4. The van der Waals surface area contributed by atoms with Crippen LogP contribution in [0.1, 0.15) is 36.8 Å². The van der Waals surface area contributed by atoms with E-state index in [2.05, 4.69) is 5.32 Å². The molecule has 0 radical (unpaired) electrons. The van der Waals surface area contributed by atoms with E-state index in [1.165, 1.54) is 30.2 Å². The highest BCUT2D eigenvalue weighted by Gasteiger charge is 2.49. The Morgan fingerprint density at radius 3 is 2.50 bits per heavy atom. The lowest BCUT2D eigenvalue weighted by molar-refractivity contribution is -0.132. The molecule has 5 rings (SSSR count). The van der Waals surface area contributed by atoms with Gasteiger partial charge in [-0.2, -0.15) is 0 Å². The van der Waals surface area contributed by atoms with Gasteiger partial charge in [0.05, 0.1) is 7.11 Å². The lowest BCUT2D eigenvalue weighted by Gasteiger charge is -2.35. The highest BCUT2D eigenvalue weighted by molar-refractivity contribution is 6.31. The number of nitrogens with one attached hydrogen (secondary N) is 1. The number of esters is 1. The van der Waals surface area contributed by atoms with Crippen molar-refractivity contribution in [3.05, 3.63) is 71.3 Å². The third kappa shape index (κ3) is 4.66. The summed E-state index contributed by atoms with van der Waals surface area (Å²) in [5.74, 6) is -0.607. The number of urea groups is 1. The molecule has 36 heavy (non-hydrogen) atoms. The lowest BCUT2D eigenvalue weighted by atomic mass is 9.93. The summed E-state index contributed by atoms with van der Waals surface area (Å²) < 4.78 is 10.8. The average Bonchev–Trinajstić information content (AvgIpc) is 3.50. The fourth-order valence-electron chi connectivity index (χ4n) is 5.40. The first-order chi connectivity index (χ1) is 17.4. The molecular formula is C28H26N2O6. The zero-order valence-electron chi connectivity index (χ0n) is 19.8. The molecule has 4 amide bonds. The molecule has 1 aliphatic heterocycles. The summed E-state index contributed by atoms with van der Waals surface area (Å²) in [5.41, 5.74) is 1.24. The molecule has 3 aliphatic rings. The minimum atomic E-state index is -0.732. The Morgan fingerprint density at radius 2 is 1.81 bits per heavy atom. The van der Waals surface area contributed by atoms with Crippen molar-refractivity contribution in [3.63, 3.8) is 0 Å². The van der Waals surface area contributed by atoms with E-state index in [4.69, 9.17) is 9.47 Å². The third-order valence-electron chi connectivity index (χ3n) is 7.09. The number of hydrogen-bond donors (Lipinski definition) is 1. The smallest absolute Gasteiger partial charge is 0.336 e. The predicted octanol–water partition coefficient (Wildman–Crippen LogP) is 3.96. The molecule has 8 heteroatoms. The van der Waals surface area contributed by atoms with Crippen LogP contribution in [0, 0.1) is 11.8 Å². The Kier molecular flexibility index (Phi) is 6.41. The summed E-state index contributed by atoms with van der Waals surface area (Å²) in [6, 6.07) is 13.2. The van der Waals surface area contributed by atoms with Gasteiger partial charge in [0.1, 0.15) is 5.57 Å². The van der Waals surface area contributed by atoms with E-state index in [0.29, 0.717) is 17.4 Å². The van der Waals surface area contributed by atoms with E-state index in [0.717, 1.165) is 31.2 Å². The number of imide groups is 2. The van der Waals surface area contributed by atoms with Crippen LogP contribution < -0.4 is 14.8 Å². The van der Waals surface area contributed by atoms with Crippen molar-refractivity contribution in [1.29, 1.82) is 0 Å². The van der Waals surface area contributed by atoms with E-state index in [1.807, 2.05) is 30.3 Å². The summed E-state index contributed by atoms with van der Waals surface area (Å²) in [4.78, 5) is 51.8. The van der Waals surface area contributed by atoms with Crippen molar-refractivity contribution in [2.24, 2.45) is 11.8 Å². The van der Waals surface area contributed by atoms with Crippen molar-refractivity contribution < 1.29 is 28.7 Å². The minimum Gasteiger partial charge on any atom is -0.493 e. The molecule has 184 valence electrons. The van der Waals surface area contributed by atoms with E-state index in [-0.39, 0.29) is 23.1 Å². The first-order valence-electron chi connectivity index (χ1n) is 12.0. The second-order valence-electron chi connectivity index (χ2n) is 9.31. The molecule has 2 saturated carbocycles. The fraction of sp³-hybridized carbons (Fsp3) is 0.286.